The largest absolute Gasteiger partial charge is 0.493 e. The first-order chi connectivity index (χ1) is 14.0. The zero-order valence-corrected chi connectivity index (χ0v) is 17.4. The Balaban J connectivity index is 1.55. The molecule has 2 aromatic carbocycles. The number of hydrogen-bond donors (Lipinski definition) is 1. The summed E-state index contributed by atoms with van der Waals surface area (Å²) in [6, 6.07) is 8.86. The highest BCUT2D eigenvalue weighted by atomic mass is 35.5. The van der Waals surface area contributed by atoms with Gasteiger partial charge >= 0.3 is 0 Å². The Morgan fingerprint density at radius 1 is 1.07 bits per heavy atom. The highest BCUT2D eigenvalue weighted by Crippen LogP contribution is 2.31. The number of halogens is 2. The van der Waals surface area contributed by atoms with Gasteiger partial charge in [0.1, 0.15) is 6.33 Å². The summed E-state index contributed by atoms with van der Waals surface area (Å²) in [4.78, 5) is 20.3. The van der Waals surface area contributed by atoms with Gasteiger partial charge in [-0.3, -0.25) is 4.79 Å². The van der Waals surface area contributed by atoms with Gasteiger partial charge in [0.05, 0.1) is 30.1 Å². The number of hydrogen-bond acceptors (Lipinski definition) is 6. The Hall–Kier alpha value is -2.77. The van der Waals surface area contributed by atoms with Crippen molar-refractivity contribution < 1.29 is 19.0 Å². The quantitative estimate of drug-likeness (QED) is 0.580. The van der Waals surface area contributed by atoms with E-state index in [4.69, 9.17) is 37.4 Å². The van der Waals surface area contributed by atoms with E-state index in [1.54, 1.807) is 26.4 Å². The minimum absolute atomic E-state index is 0.192. The molecule has 3 aromatic rings. The number of rotatable bonds is 8. The molecule has 0 saturated carbocycles. The average Bonchev–Trinajstić information content (AvgIpc) is 2.72. The van der Waals surface area contributed by atoms with Crippen LogP contribution < -0.4 is 19.5 Å². The van der Waals surface area contributed by atoms with Gasteiger partial charge in [0.25, 0.3) is 5.91 Å². The van der Waals surface area contributed by atoms with Crippen molar-refractivity contribution in [3.63, 3.8) is 0 Å². The van der Waals surface area contributed by atoms with Gasteiger partial charge in [-0.1, -0.05) is 29.3 Å². The molecule has 1 heterocycles. The molecular formula is C20H19Cl2N3O4. The van der Waals surface area contributed by atoms with E-state index in [2.05, 4.69) is 15.3 Å². The normalized spacial score (nSPS) is 10.6. The van der Waals surface area contributed by atoms with Crippen LogP contribution in [0, 0.1) is 0 Å². The first kappa shape index (κ1) is 21.0. The number of benzene rings is 2. The van der Waals surface area contributed by atoms with Crippen LogP contribution in [0.3, 0.4) is 0 Å². The molecule has 3 rings (SSSR count). The van der Waals surface area contributed by atoms with Crippen LogP contribution in [0.5, 0.6) is 17.4 Å². The van der Waals surface area contributed by atoms with E-state index in [1.807, 2.05) is 18.2 Å². The molecule has 152 valence electrons. The van der Waals surface area contributed by atoms with E-state index in [-0.39, 0.29) is 18.4 Å². The monoisotopic (exact) mass is 435 g/mol. The van der Waals surface area contributed by atoms with Crippen molar-refractivity contribution in [2.24, 2.45) is 0 Å². The Labute approximate surface area is 177 Å². The molecule has 0 fully saturated rings. The zero-order chi connectivity index (χ0) is 20.8. The SMILES string of the molecule is COc1ccc(CCNC(=O)COc2ncnc3c(Cl)cc(Cl)cc23)cc1OC. The molecular weight excluding hydrogens is 417 g/mol. The lowest BCUT2D eigenvalue weighted by molar-refractivity contribution is -0.123. The van der Waals surface area contributed by atoms with E-state index in [9.17, 15) is 4.79 Å². The molecule has 0 radical (unpaired) electrons. The maximum Gasteiger partial charge on any atom is 0.258 e. The molecule has 1 N–H and O–H groups in total. The number of carbonyl (C=O) groups is 1. The Morgan fingerprint density at radius 2 is 1.86 bits per heavy atom. The number of aromatic nitrogens is 2. The van der Waals surface area contributed by atoms with Crippen LogP contribution in [0.4, 0.5) is 0 Å². The lowest BCUT2D eigenvalue weighted by atomic mass is 10.1. The van der Waals surface area contributed by atoms with Crippen LogP contribution in [0.2, 0.25) is 10.0 Å². The fourth-order valence-electron chi connectivity index (χ4n) is 2.75. The number of amides is 1. The predicted octanol–water partition coefficient (Wildman–Crippen LogP) is 3.69. The Bertz CT molecular complexity index is 1030. The molecule has 0 aliphatic heterocycles. The van der Waals surface area contributed by atoms with Crippen molar-refractivity contribution in [3.8, 4) is 17.4 Å². The van der Waals surface area contributed by atoms with Crippen LogP contribution in [0.15, 0.2) is 36.7 Å². The van der Waals surface area contributed by atoms with Crippen molar-refractivity contribution in [3.05, 3.63) is 52.3 Å². The van der Waals surface area contributed by atoms with E-state index >= 15 is 0 Å². The third kappa shape index (κ3) is 5.19. The average molecular weight is 436 g/mol. The first-order valence-corrected chi connectivity index (χ1v) is 9.47. The topological polar surface area (TPSA) is 82.6 Å². The van der Waals surface area contributed by atoms with Gasteiger partial charge in [0, 0.05) is 11.6 Å². The third-order valence-corrected chi connectivity index (χ3v) is 4.65. The Morgan fingerprint density at radius 3 is 2.62 bits per heavy atom. The molecule has 0 aliphatic carbocycles. The summed E-state index contributed by atoms with van der Waals surface area (Å²) in [5, 5.41) is 4.17. The molecule has 1 aromatic heterocycles. The number of carbonyl (C=O) groups excluding carboxylic acids is 1. The highest BCUT2D eigenvalue weighted by molar-refractivity contribution is 6.38. The number of nitrogens with one attached hydrogen (secondary N) is 1. The van der Waals surface area contributed by atoms with Gasteiger partial charge in [0.2, 0.25) is 5.88 Å². The Kier molecular flexibility index (Phi) is 6.95. The summed E-state index contributed by atoms with van der Waals surface area (Å²) in [7, 11) is 3.17. The molecule has 0 saturated heterocycles. The lowest BCUT2D eigenvalue weighted by Crippen LogP contribution is -2.30. The van der Waals surface area contributed by atoms with Gasteiger partial charge in [-0.15, -0.1) is 0 Å². The molecule has 7 nitrogen and oxygen atoms in total. The second-order valence-electron chi connectivity index (χ2n) is 6.04. The van der Waals surface area contributed by atoms with Crippen molar-refractivity contribution in [2.45, 2.75) is 6.42 Å². The number of ether oxygens (including phenoxy) is 3. The minimum atomic E-state index is -0.273. The summed E-state index contributed by atoms with van der Waals surface area (Å²) >= 11 is 12.2. The second kappa shape index (κ2) is 9.62. The smallest absolute Gasteiger partial charge is 0.258 e. The fourth-order valence-corrected chi connectivity index (χ4v) is 3.29. The van der Waals surface area contributed by atoms with E-state index in [0.717, 1.165) is 5.56 Å². The molecule has 0 unspecified atom stereocenters. The van der Waals surface area contributed by atoms with Crippen molar-refractivity contribution in [1.82, 2.24) is 15.3 Å². The highest BCUT2D eigenvalue weighted by Gasteiger charge is 2.11. The summed E-state index contributed by atoms with van der Waals surface area (Å²) in [5.74, 6) is 1.28. The van der Waals surface area contributed by atoms with Crippen molar-refractivity contribution in [2.75, 3.05) is 27.4 Å². The van der Waals surface area contributed by atoms with Crippen LogP contribution >= 0.6 is 23.2 Å². The molecule has 1 amide bonds. The summed E-state index contributed by atoms with van der Waals surface area (Å²) < 4.78 is 16.0. The van der Waals surface area contributed by atoms with Gasteiger partial charge in [-0.05, 0) is 36.2 Å². The van der Waals surface area contributed by atoms with Gasteiger partial charge < -0.3 is 19.5 Å². The maximum absolute atomic E-state index is 12.1. The van der Waals surface area contributed by atoms with Gasteiger partial charge in [0.15, 0.2) is 18.1 Å². The summed E-state index contributed by atoms with van der Waals surface area (Å²) in [5.41, 5.74) is 1.52. The third-order valence-electron chi connectivity index (χ3n) is 4.14. The lowest BCUT2D eigenvalue weighted by Gasteiger charge is -2.11. The number of nitrogens with zero attached hydrogens (tertiary/aromatic N) is 2. The van der Waals surface area contributed by atoms with Crippen LogP contribution in [-0.4, -0.2) is 43.2 Å². The van der Waals surface area contributed by atoms with E-state index in [1.165, 1.54) is 6.33 Å². The molecule has 9 heteroatoms. The molecule has 0 atom stereocenters. The maximum atomic E-state index is 12.1. The van der Waals surface area contributed by atoms with Crippen LogP contribution in [-0.2, 0) is 11.2 Å². The zero-order valence-electron chi connectivity index (χ0n) is 15.9. The molecule has 0 spiro atoms. The second-order valence-corrected chi connectivity index (χ2v) is 6.88. The summed E-state index contributed by atoms with van der Waals surface area (Å²) in [6.07, 6.45) is 1.96. The van der Waals surface area contributed by atoms with Crippen LogP contribution in [0.25, 0.3) is 10.9 Å². The molecule has 0 aliphatic rings. The fraction of sp³-hybridized carbons (Fsp3) is 0.250. The minimum Gasteiger partial charge on any atom is -0.493 e. The molecule has 0 bridgehead atoms. The van der Waals surface area contributed by atoms with Gasteiger partial charge in [-0.2, -0.15) is 0 Å². The van der Waals surface area contributed by atoms with Crippen molar-refractivity contribution >= 4 is 40.0 Å². The first-order valence-electron chi connectivity index (χ1n) is 8.72. The van der Waals surface area contributed by atoms with Crippen LogP contribution in [0.1, 0.15) is 5.56 Å². The predicted molar refractivity (Wildman–Crippen MR) is 111 cm³/mol. The van der Waals surface area contributed by atoms with Crippen molar-refractivity contribution in [1.29, 1.82) is 0 Å². The van der Waals surface area contributed by atoms with E-state index in [0.29, 0.717) is 45.4 Å². The standard InChI is InChI=1S/C20H19Cl2N3O4/c1-27-16-4-3-12(7-17(16)28-2)5-6-23-18(26)10-29-20-14-8-13(21)9-15(22)19(14)24-11-25-20/h3-4,7-9,11H,5-6,10H2,1-2H3,(H,23,26). The number of methoxy groups -OCH3 is 2. The summed E-state index contributed by atoms with van der Waals surface area (Å²) in [6.45, 7) is 0.252. The van der Waals surface area contributed by atoms with Gasteiger partial charge in [-0.25, -0.2) is 9.97 Å². The molecule has 29 heavy (non-hydrogen) atoms. The number of fused-ring (bicyclic) bond motifs is 1. The van der Waals surface area contributed by atoms with E-state index < -0.39 is 0 Å².